The van der Waals surface area contributed by atoms with Gasteiger partial charge in [-0.1, -0.05) is 13.8 Å². The van der Waals surface area contributed by atoms with E-state index in [0.29, 0.717) is 37.0 Å². The van der Waals surface area contributed by atoms with Crippen LogP contribution in [0.5, 0.6) is 0 Å². The van der Waals surface area contributed by atoms with Crippen LogP contribution in [0.1, 0.15) is 26.1 Å². The van der Waals surface area contributed by atoms with Crippen molar-refractivity contribution in [1.29, 1.82) is 0 Å². The first-order valence-electron chi connectivity index (χ1n) is 7.01. The fourth-order valence-electron chi connectivity index (χ4n) is 2.12. The van der Waals surface area contributed by atoms with E-state index in [2.05, 4.69) is 18.8 Å². The number of ether oxygens (including phenoxy) is 1. The third-order valence-electron chi connectivity index (χ3n) is 3.30. The summed E-state index contributed by atoms with van der Waals surface area (Å²) in [4.78, 5) is 4.23. The van der Waals surface area contributed by atoms with Gasteiger partial charge < -0.3 is 9.30 Å². The third-order valence-corrected chi connectivity index (χ3v) is 3.54. The number of hydrogen-bond donors (Lipinski definition) is 0. The van der Waals surface area contributed by atoms with Crippen LogP contribution in [-0.2, 0) is 17.2 Å². The maximum Gasteiger partial charge on any atom is 0.184 e. The number of alkyl halides is 1. The molecular formula is C15H19ClF2N2O. The molecule has 1 heterocycles. The molecule has 0 bridgehead atoms. The average molecular weight is 317 g/mol. The molecule has 1 aromatic heterocycles. The van der Waals surface area contributed by atoms with Crippen molar-refractivity contribution in [2.24, 2.45) is 5.92 Å². The van der Waals surface area contributed by atoms with Gasteiger partial charge in [-0.3, -0.25) is 0 Å². The van der Waals surface area contributed by atoms with E-state index < -0.39 is 11.6 Å². The Kier molecular flexibility index (Phi) is 5.53. The molecule has 116 valence electrons. The Balaban J connectivity index is 2.15. The fourth-order valence-corrected chi connectivity index (χ4v) is 2.33. The molecule has 0 atom stereocenters. The molecule has 0 fully saturated rings. The first kappa shape index (κ1) is 16.2. The molecule has 0 aliphatic carbocycles. The molecule has 0 radical (unpaired) electrons. The van der Waals surface area contributed by atoms with Crippen molar-refractivity contribution in [2.45, 2.75) is 32.7 Å². The van der Waals surface area contributed by atoms with Crippen molar-refractivity contribution < 1.29 is 13.5 Å². The number of rotatable bonds is 7. The summed E-state index contributed by atoms with van der Waals surface area (Å²) in [6.07, 6.45) is 0.968. The predicted molar refractivity (Wildman–Crippen MR) is 79.5 cm³/mol. The molecule has 0 spiro atoms. The lowest BCUT2D eigenvalue weighted by molar-refractivity contribution is 0.116. The van der Waals surface area contributed by atoms with Gasteiger partial charge in [0.15, 0.2) is 11.6 Å². The lowest BCUT2D eigenvalue weighted by Gasteiger charge is -2.10. The second-order valence-electron chi connectivity index (χ2n) is 5.34. The van der Waals surface area contributed by atoms with Gasteiger partial charge >= 0.3 is 0 Å². The summed E-state index contributed by atoms with van der Waals surface area (Å²) in [6, 6.07) is 2.53. The summed E-state index contributed by atoms with van der Waals surface area (Å²) in [6.45, 7) is 5.71. The Hall–Kier alpha value is -1.20. The van der Waals surface area contributed by atoms with Crippen molar-refractivity contribution >= 4 is 22.6 Å². The summed E-state index contributed by atoms with van der Waals surface area (Å²) in [7, 11) is 0. The molecule has 0 unspecified atom stereocenters. The molecule has 21 heavy (non-hydrogen) atoms. The number of imidazole rings is 1. The minimum absolute atomic E-state index is 0.141. The van der Waals surface area contributed by atoms with Gasteiger partial charge in [-0.25, -0.2) is 13.8 Å². The zero-order valence-corrected chi connectivity index (χ0v) is 13.0. The molecule has 0 aliphatic heterocycles. The van der Waals surface area contributed by atoms with Crippen molar-refractivity contribution in [3.05, 3.63) is 29.6 Å². The lowest BCUT2D eigenvalue weighted by Crippen LogP contribution is -2.11. The van der Waals surface area contributed by atoms with Crippen molar-refractivity contribution in [2.75, 3.05) is 13.2 Å². The van der Waals surface area contributed by atoms with Crippen LogP contribution in [0.25, 0.3) is 11.0 Å². The van der Waals surface area contributed by atoms with E-state index in [9.17, 15) is 8.78 Å². The van der Waals surface area contributed by atoms with E-state index in [1.165, 1.54) is 6.07 Å². The second-order valence-corrected chi connectivity index (χ2v) is 5.60. The summed E-state index contributed by atoms with van der Waals surface area (Å²) in [5.41, 5.74) is 0.560. The molecule has 3 nitrogen and oxygen atoms in total. The molecule has 2 rings (SSSR count). The normalized spacial score (nSPS) is 11.7. The molecule has 1 aromatic carbocycles. The highest BCUT2D eigenvalue weighted by Crippen LogP contribution is 2.22. The minimum atomic E-state index is -0.890. The van der Waals surface area contributed by atoms with Crippen LogP contribution in [-0.4, -0.2) is 22.8 Å². The van der Waals surface area contributed by atoms with Crippen LogP contribution in [0.4, 0.5) is 8.78 Å². The first-order valence-corrected chi connectivity index (χ1v) is 7.54. The zero-order valence-electron chi connectivity index (χ0n) is 12.2. The quantitative estimate of drug-likeness (QED) is 0.567. The second kappa shape index (κ2) is 7.18. The van der Waals surface area contributed by atoms with Gasteiger partial charge in [-0.05, 0) is 24.5 Å². The topological polar surface area (TPSA) is 27.1 Å². The highest BCUT2D eigenvalue weighted by atomic mass is 35.5. The van der Waals surface area contributed by atoms with Gasteiger partial charge in [-0.2, -0.15) is 0 Å². The minimum Gasteiger partial charge on any atom is -0.380 e. The Bertz CT molecular complexity index is 613. The Labute approximate surface area is 127 Å². The smallest absolute Gasteiger partial charge is 0.184 e. The number of benzene rings is 1. The molecule has 6 heteroatoms. The molecular weight excluding hydrogens is 298 g/mol. The first-order chi connectivity index (χ1) is 10.0. The highest BCUT2D eigenvalue weighted by molar-refractivity contribution is 6.16. The van der Waals surface area contributed by atoms with Crippen LogP contribution in [0.3, 0.4) is 0 Å². The summed E-state index contributed by atoms with van der Waals surface area (Å²) < 4.78 is 34.5. The van der Waals surface area contributed by atoms with Crippen molar-refractivity contribution in [3.63, 3.8) is 0 Å². The Morgan fingerprint density at radius 1 is 1.29 bits per heavy atom. The van der Waals surface area contributed by atoms with Gasteiger partial charge in [0.1, 0.15) is 11.3 Å². The Morgan fingerprint density at radius 2 is 2.05 bits per heavy atom. The molecule has 0 saturated carbocycles. The van der Waals surface area contributed by atoms with Crippen LogP contribution in [0, 0.1) is 17.6 Å². The van der Waals surface area contributed by atoms with Crippen LogP contribution < -0.4 is 0 Å². The van der Waals surface area contributed by atoms with E-state index >= 15 is 0 Å². The van der Waals surface area contributed by atoms with Gasteiger partial charge in [0.25, 0.3) is 0 Å². The molecule has 2 aromatic rings. The summed E-state index contributed by atoms with van der Waals surface area (Å²) >= 11 is 5.84. The van der Waals surface area contributed by atoms with Crippen LogP contribution in [0.15, 0.2) is 12.1 Å². The number of nitrogens with zero attached hydrogens (tertiary/aromatic N) is 2. The van der Waals surface area contributed by atoms with Gasteiger partial charge in [0.05, 0.1) is 18.0 Å². The largest absolute Gasteiger partial charge is 0.380 e. The fraction of sp³-hybridized carbons (Fsp3) is 0.533. The highest BCUT2D eigenvalue weighted by Gasteiger charge is 2.16. The van der Waals surface area contributed by atoms with Gasteiger partial charge in [-0.15, -0.1) is 11.6 Å². The predicted octanol–water partition coefficient (Wildman–Crippen LogP) is 4.12. The third kappa shape index (κ3) is 3.71. The van der Waals surface area contributed by atoms with Crippen LogP contribution >= 0.6 is 11.6 Å². The van der Waals surface area contributed by atoms with Gasteiger partial charge in [0.2, 0.25) is 0 Å². The summed E-state index contributed by atoms with van der Waals surface area (Å²) in [5, 5.41) is 0. The number of fused-ring (bicyclic) bond motifs is 1. The van der Waals surface area contributed by atoms with Crippen molar-refractivity contribution in [1.82, 2.24) is 9.55 Å². The SMILES string of the molecule is CC(C)CCOCCn1c(CCl)nc2ccc(F)c(F)c21. The van der Waals surface area contributed by atoms with Crippen LogP contribution in [0.2, 0.25) is 0 Å². The van der Waals surface area contributed by atoms with E-state index in [1.807, 2.05) is 0 Å². The monoisotopic (exact) mass is 316 g/mol. The molecule has 0 saturated heterocycles. The van der Waals surface area contributed by atoms with E-state index in [0.717, 1.165) is 12.5 Å². The average Bonchev–Trinajstić information content (AvgIpc) is 2.81. The zero-order chi connectivity index (χ0) is 15.4. The summed E-state index contributed by atoms with van der Waals surface area (Å²) in [5.74, 6) is -0.543. The molecule has 0 N–H and O–H groups in total. The van der Waals surface area contributed by atoms with E-state index in [4.69, 9.17) is 16.3 Å². The number of aromatic nitrogens is 2. The Morgan fingerprint density at radius 3 is 2.71 bits per heavy atom. The standard InChI is InChI=1S/C15H19ClF2N2O/c1-10(2)5-7-21-8-6-20-13(9-16)19-12-4-3-11(17)14(18)15(12)20/h3-4,10H,5-9H2,1-2H3. The lowest BCUT2D eigenvalue weighted by atomic mass is 10.1. The van der Waals surface area contributed by atoms with E-state index in [1.54, 1.807) is 4.57 Å². The van der Waals surface area contributed by atoms with Gasteiger partial charge in [0, 0.05) is 13.2 Å². The number of hydrogen-bond acceptors (Lipinski definition) is 2. The van der Waals surface area contributed by atoms with Crippen molar-refractivity contribution in [3.8, 4) is 0 Å². The molecule has 0 aliphatic rings. The maximum atomic E-state index is 14.0. The van der Waals surface area contributed by atoms with E-state index in [-0.39, 0.29) is 11.4 Å². The molecule has 0 amide bonds. The number of halogens is 3. The maximum absolute atomic E-state index is 14.0.